The fraction of sp³-hybridized carbons (Fsp3) is 0.714. The lowest BCUT2D eigenvalue weighted by Crippen LogP contribution is -2.26. The number of hydrogen-bond donors (Lipinski definition) is 0. The predicted molar refractivity (Wildman–Crippen MR) is 32.4 cm³/mol. The molecule has 0 aromatic carbocycles. The highest BCUT2D eigenvalue weighted by molar-refractivity contribution is 5.06. The Kier molecular flexibility index (Phi) is 1.27. The van der Waals surface area contributed by atoms with Crippen molar-refractivity contribution in [1.82, 2.24) is 0 Å². The van der Waals surface area contributed by atoms with E-state index in [4.69, 9.17) is 4.74 Å². The average molecular weight is 110 g/mol. The second kappa shape index (κ2) is 1.80. The van der Waals surface area contributed by atoms with E-state index in [1.807, 2.05) is 0 Å². The summed E-state index contributed by atoms with van der Waals surface area (Å²) in [6.07, 6.45) is 0.868. The van der Waals surface area contributed by atoms with Gasteiger partial charge in [0.1, 0.15) is 6.61 Å². The lowest BCUT2D eigenvalue weighted by atomic mass is 10.0. The van der Waals surface area contributed by atoms with E-state index in [1.54, 1.807) is 0 Å². The third-order valence-corrected chi connectivity index (χ3v) is 1.17. The van der Waals surface area contributed by atoms with Crippen LogP contribution in [-0.2, 0) is 4.74 Å². The van der Waals surface area contributed by atoms with Crippen molar-refractivity contribution in [2.75, 3.05) is 6.61 Å². The van der Waals surface area contributed by atoms with Gasteiger partial charge in [-0.05, 0) is 13.8 Å². The molecule has 0 saturated heterocycles. The van der Waals surface area contributed by atoms with Gasteiger partial charge in [-0.25, -0.2) is 0 Å². The Morgan fingerprint density at radius 2 is 2.12 bits per heavy atom. The number of ether oxygens (including phenoxy) is 1. The van der Waals surface area contributed by atoms with Gasteiger partial charge in [-0.15, -0.1) is 0 Å². The molecule has 44 valence electrons. The number of rotatable bonds is 0. The Bertz CT molecular complexity index is 136. The Labute approximate surface area is 50.0 Å². The van der Waals surface area contributed by atoms with Crippen molar-refractivity contribution in [2.24, 2.45) is 0 Å². The van der Waals surface area contributed by atoms with E-state index in [-0.39, 0.29) is 5.60 Å². The van der Waals surface area contributed by atoms with E-state index >= 15 is 0 Å². The summed E-state index contributed by atoms with van der Waals surface area (Å²) in [5.41, 5.74) is 0.00521. The standard InChI is InChI=1S/C7H10O/c1-7(2)5-3-4-6-8-7/h5-6H2,1-2H3. The normalized spacial score (nSPS) is 23.8. The molecule has 0 aromatic rings. The SMILES string of the molecule is CC1(C)CC#CCO1. The van der Waals surface area contributed by atoms with Crippen LogP contribution >= 0.6 is 0 Å². The first-order chi connectivity index (χ1) is 3.71. The van der Waals surface area contributed by atoms with Gasteiger partial charge in [0.05, 0.1) is 5.60 Å². The molecule has 0 N–H and O–H groups in total. The first-order valence-corrected chi connectivity index (χ1v) is 2.80. The molecule has 0 bridgehead atoms. The van der Waals surface area contributed by atoms with Crippen molar-refractivity contribution in [3.8, 4) is 11.8 Å². The van der Waals surface area contributed by atoms with Gasteiger partial charge in [0.2, 0.25) is 0 Å². The van der Waals surface area contributed by atoms with Gasteiger partial charge in [-0.2, -0.15) is 0 Å². The van der Waals surface area contributed by atoms with Crippen LogP contribution in [0.25, 0.3) is 0 Å². The molecular weight excluding hydrogens is 100 g/mol. The summed E-state index contributed by atoms with van der Waals surface area (Å²) in [7, 11) is 0. The summed E-state index contributed by atoms with van der Waals surface area (Å²) in [6.45, 7) is 4.72. The molecule has 1 aliphatic rings. The Morgan fingerprint density at radius 3 is 2.38 bits per heavy atom. The minimum Gasteiger partial charge on any atom is -0.362 e. The summed E-state index contributed by atoms with van der Waals surface area (Å²) in [4.78, 5) is 0. The second-order valence-electron chi connectivity index (χ2n) is 2.58. The second-order valence-corrected chi connectivity index (χ2v) is 2.58. The van der Waals surface area contributed by atoms with Gasteiger partial charge in [0.25, 0.3) is 0 Å². The van der Waals surface area contributed by atoms with E-state index in [2.05, 4.69) is 25.7 Å². The van der Waals surface area contributed by atoms with E-state index in [0.717, 1.165) is 6.42 Å². The maximum Gasteiger partial charge on any atom is 0.108 e. The molecule has 0 amide bonds. The van der Waals surface area contributed by atoms with E-state index in [0.29, 0.717) is 6.61 Å². The summed E-state index contributed by atoms with van der Waals surface area (Å²) in [6, 6.07) is 0. The largest absolute Gasteiger partial charge is 0.362 e. The quantitative estimate of drug-likeness (QED) is 0.425. The first-order valence-electron chi connectivity index (χ1n) is 2.80. The molecule has 0 aromatic heterocycles. The molecule has 0 unspecified atom stereocenters. The highest BCUT2D eigenvalue weighted by atomic mass is 16.5. The van der Waals surface area contributed by atoms with E-state index in [9.17, 15) is 0 Å². The van der Waals surface area contributed by atoms with Crippen molar-refractivity contribution in [1.29, 1.82) is 0 Å². The molecule has 1 heterocycles. The van der Waals surface area contributed by atoms with Crippen LogP contribution in [0.5, 0.6) is 0 Å². The van der Waals surface area contributed by atoms with Crippen LogP contribution in [0, 0.1) is 11.8 Å². The topological polar surface area (TPSA) is 9.23 Å². The molecule has 0 aliphatic carbocycles. The summed E-state index contributed by atoms with van der Waals surface area (Å²) >= 11 is 0. The highest BCUT2D eigenvalue weighted by Gasteiger charge is 2.17. The average Bonchev–Trinajstić information content (AvgIpc) is 1.65. The zero-order valence-corrected chi connectivity index (χ0v) is 5.32. The van der Waals surface area contributed by atoms with Gasteiger partial charge < -0.3 is 4.74 Å². The molecular formula is C7H10O. The maximum absolute atomic E-state index is 5.29. The molecule has 0 atom stereocenters. The van der Waals surface area contributed by atoms with Crippen LogP contribution in [0.15, 0.2) is 0 Å². The van der Waals surface area contributed by atoms with Gasteiger partial charge in [-0.3, -0.25) is 0 Å². The molecule has 1 nitrogen and oxygen atoms in total. The Morgan fingerprint density at radius 1 is 1.38 bits per heavy atom. The van der Waals surface area contributed by atoms with Crippen LogP contribution in [0.1, 0.15) is 20.3 Å². The van der Waals surface area contributed by atoms with Crippen molar-refractivity contribution in [2.45, 2.75) is 25.9 Å². The van der Waals surface area contributed by atoms with Gasteiger partial charge in [-0.1, -0.05) is 11.8 Å². The lowest BCUT2D eigenvalue weighted by molar-refractivity contribution is 0.00150. The van der Waals surface area contributed by atoms with Crippen LogP contribution in [0.2, 0.25) is 0 Å². The summed E-state index contributed by atoms with van der Waals surface area (Å²) in [5.74, 6) is 5.87. The lowest BCUT2D eigenvalue weighted by Gasteiger charge is -2.23. The first kappa shape index (κ1) is 5.65. The smallest absolute Gasteiger partial charge is 0.108 e. The monoisotopic (exact) mass is 110 g/mol. The molecule has 0 spiro atoms. The van der Waals surface area contributed by atoms with Crippen LogP contribution < -0.4 is 0 Å². The zero-order chi connectivity index (χ0) is 6.04. The van der Waals surface area contributed by atoms with Crippen LogP contribution in [-0.4, -0.2) is 12.2 Å². The molecule has 0 saturated carbocycles. The Balaban J connectivity index is 2.56. The van der Waals surface area contributed by atoms with Crippen LogP contribution in [0.4, 0.5) is 0 Å². The maximum atomic E-state index is 5.29. The van der Waals surface area contributed by atoms with Gasteiger partial charge in [0, 0.05) is 6.42 Å². The van der Waals surface area contributed by atoms with Crippen molar-refractivity contribution >= 4 is 0 Å². The zero-order valence-electron chi connectivity index (χ0n) is 5.32. The molecule has 1 heteroatoms. The minimum atomic E-state index is 0.00521. The predicted octanol–water partition coefficient (Wildman–Crippen LogP) is 1.19. The Hall–Kier alpha value is -0.480. The molecule has 8 heavy (non-hydrogen) atoms. The van der Waals surface area contributed by atoms with Crippen LogP contribution in [0.3, 0.4) is 0 Å². The summed E-state index contributed by atoms with van der Waals surface area (Å²) in [5, 5.41) is 0. The molecule has 1 aliphatic heterocycles. The summed E-state index contributed by atoms with van der Waals surface area (Å²) < 4.78 is 5.29. The number of hydrogen-bond acceptors (Lipinski definition) is 1. The molecule has 0 fully saturated rings. The van der Waals surface area contributed by atoms with E-state index < -0.39 is 0 Å². The van der Waals surface area contributed by atoms with E-state index in [1.165, 1.54) is 0 Å². The van der Waals surface area contributed by atoms with Gasteiger partial charge >= 0.3 is 0 Å². The molecule has 0 radical (unpaired) electrons. The highest BCUT2D eigenvalue weighted by Crippen LogP contribution is 2.14. The minimum absolute atomic E-state index is 0.00521. The van der Waals surface area contributed by atoms with Crippen molar-refractivity contribution < 1.29 is 4.74 Å². The third-order valence-electron chi connectivity index (χ3n) is 1.17. The molecule has 1 rings (SSSR count). The van der Waals surface area contributed by atoms with Gasteiger partial charge in [0.15, 0.2) is 0 Å². The fourth-order valence-corrected chi connectivity index (χ4v) is 0.609. The third kappa shape index (κ3) is 1.24. The van der Waals surface area contributed by atoms with Crippen molar-refractivity contribution in [3.63, 3.8) is 0 Å². The fourth-order valence-electron chi connectivity index (χ4n) is 0.609. The van der Waals surface area contributed by atoms with Crippen molar-refractivity contribution in [3.05, 3.63) is 0 Å².